The zero-order chi connectivity index (χ0) is 10.7. The van der Waals surface area contributed by atoms with Crippen LogP contribution >= 0.6 is 0 Å². The molecule has 1 aromatic heterocycles. The number of carboxylic acid groups (broad SMARTS) is 1. The van der Waals surface area contributed by atoms with Crippen LogP contribution in [-0.2, 0) is 11.3 Å². The monoisotopic (exact) mass is 206 g/mol. The van der Waals surface area contributed by atoms with Crippen LogP contribution in [0.5, 0.6) is 0 Å². The third kappa shape index (κ3) is 1.99. The van der Waals surface area contributed by atoms with Gasteiger partial charge in [0.05, 0.1) is 0 Å². The number of hydrogen-bond acceptors (Lipinski definition) is 3. The molecule has 0 saturated heterocycles. The first-order chi connectivity index (χ1) is 7.23. The minimum Gasteiger partial charge on any atom is -0.480 e. The summed E-state index contributed by atoms with van der Waals surface area (Å²) in [4.78, 5) is 15.0. The molecular formula is C11H14N2O2. The van der Waals surface area contributed by atoms with E-state index in [9.17, 15) is 4.79 Å². The van der Waals surface area contributed by atoms with E-state index in [0.29, 0.717) is 6.54 Å². The van der Waals surface area contributed by atoms with Crippen LogP contribution in [0, 0.1) is 0 Å². The van der Waals surface area contributed by atoms with Crippen LogP contribution in [0.2, 0.25) is 0 Å². The Bertz CT molecular complexity index is 347. The molecule has 1 aromatic rings. The van der Waals surface area contributed by atoms with E-state index in [-0.39, 0.29) is 0 Å². The molecule has 15 heavy (non-hydrogen) atoms. The molecule has 0 spiro atoms. The Morgan fingerprint density at radius 2 is 2.13 bits per heavy atom. The topological polar surface area (TPSA) is 62.2 Å². The maximum atomic E-state index is 11.0. The Hall–Kier alpha value is -1.42. The summed E-state index contributed by atoms with van der Waals surface area (Å²) in [6.07, 6.45) is 5.88. The molecule has 0 unspecified atom stereocenters. The number of aliphatic carboxylic acids is 1. The van der Waals surface area contributed by atoms with Crippen molar-refractivity contribution in [2.75, 3.05) is 0 Å². The Balaban J connectivity index is 1.95. The first kappa shape index (κ1) is 10.1. The van der Waals surface area contributed by atoms with Crippen LogP contribution in [-0.4, -0.2) is 21.6 Å². The molecule has 80 valence electrons. The van der Waals surface area contributed by atoms with E-state index < -0.39 is 11.5 Å². The number of rotatable bonds is 4. The maximum Gasteiger partial charge on any atom is 0.323 e. The van der Waals surface area contributed by atoms with Gasteiger partial charge in [-0.2, -0.15) is 0 Å². The molecule has 1 aliphatic rings. The van der Waals surface area contributed by atoms with E-state index in [2.05, 4.69) is 10.3 Å². The predicted octanol–water partition coefficient (Wildman–Crippen LogP) is 1.18. The Morgan fingerprint density at radius 3 is 2.60 bits per heavy atom. The van der Waals surface area contributed by atoms with Crippen LogP contribution in [0.1, 0.15) is 24.8 Å². The highest BCUT2D eigenvalue weighted by molar-refractivity contribution is 5.79. The Morgan fingerprint density at radius 1 is 1.47 bits per heavy atom. The van der Waals surface area contributed by atoms with E-state index >= 15 is 0 Å². The number of pyridine rings is 1. The third-order valence-corrected chi connectivity index (χ3v) is 3.00. The van der Waals surface area contributed by atoms with Crippen molar-refractivity contribution in [1.29, 1.82) is 0 Å². The molecule has 0 aliphatic heterocycles. The van der Waals surface area contributed by atoms with Crippen LogP contribution in [0.25, 0.3) is 0 Å². The lowest BCUT2D eigenvalue weighted by molar-refractivity contribution is -0.148. The molecule has 0 amide bonds. The first-order valence-corrected chi connectivity index (χ1v) is 5.10. The molecular weight excluding hydrogens is 192 g/mol. The minimum atomic E-state index is -0.734. The molecule has 1 aliphatic carbocycles. The van der Waals surface area contributed by atoms with Crippen LogP contribution < -0.4 is 5.32 Å². The fraction of sp³-hybridized carbons (Fsp3) is 0.455. The molecule has 0 bridgehead atoms. The Kier molecular flexibility index (Phi) is 2.68. The zero-order valence-electron chi connectivity index (χ0n) is 8.44. The number of carbonyl (C=O) groups is 1. The second kappa shape index (κ2) is 3.98. The van der Waals surface area contributed by atoms with Crippen molar-refractivity contribution in [3.8, 4) is 0 Å². The van der Waals surface area contributed by atoms with Gasteiger partial charge < -0.3 is 5.11 Å². The van der Waals surface area contributed by atoms with E-state index in [1.807, 2.05) is 12.1 Å². The van der Waals surface area contributed by atoms with Crippen molar-refractivity contribution in [1.82, 2.24) is 10.3 Å². The second-order valence-corrected chi connectivity index (χ2v) is 3.95. The summed E-state index contributed by atoms with van der Waals surface area (Å²) in [7, 11) is 0. The van der Waals surface area contributed by atoms with Crippen molar-refractivity contribution < 1.29 is 9.90 Å². The van der Waals surface area contributed by atoms with Gasteiger partial charge in [0, 0.05) is 18.9 Å². The average molecular weight is 206 g/mol. The lowest BCUT2D eigenvalue weighted by Gasteiger charge is -2.38. The molecule has 2 N–H and O–H groups in total. The normalized spacial score (nSPS) is 18.1. The first-order valence-electron chi connectivity index (χ1n) is 5.10. The van der Waals surface area contributed by atoms with Gasteiger partial charge >= 0.3 is 5.97 Å². The molecule has 0 radical (unpaired) electrons. The summed E-state index contributed by atoms with van der Waals surface area (Å²) in [6.45, 7) is 0.592. The number of aromatic nitrogens is 1. The predicted molar refractivity (Wildman–Crippen MR) is 55.3 cm³/mol. The number of nitrogens with one attached hydrogen (secondary N) is 1. The SMILES string of the molecule is O=C(O)C1(NCc2ccncc2)CCC1. The van der Waals surface area contributed by atoms with Gasteiger partial charge in [-0.3, -0.25) is 15.1 Å². The fourth-order valence-corrected chi connectivity index (χ4v) is 1.77. The third-order valence-electron chi connectivity index (χ3n) is 3.00. The minimum absolute atomic E-state index is 0.592. The van der Waals surface area contributed by atoms with Gasteiger partial charge in [-0.25, -0.2) is 0 Å². The highest BCUT2D eigenvalue weighted by Gasteiger charge is 2.43. The average Bonchev–Trinajstić information content (AvgIpc) is 2.17. The Labute approximate surface area is 88.3 Å². The lowest BCUT2D eigenvalue weighted by Crippen LogP contribution is -2.56. The summed E-state index contributed by atoms with van der Waals surface area (Å²) in [5, 5.41) is 12.2. The quantitative estimate of drug-likeness (QED) is 0.776. The number of hydrogen-bond donors (Lipinski definition) is 2. The van der Waals surface area contributed by atoms with Gasteiger partial charge in [-0.1, -0.05) is 0 Å². The largest absolute Gasteiger partial charge is 0.480 e. The van der Waals surface area contributed by atoms with E-state index in [0.717, 1.165) is 24.8 Å². The van der Waals surface area contributed by atoms with Crippen molar-refractivity contribution in [2.45, 2.75) is 31.3 Å². The van der Waals surface area contributed by atoms with Gasteiger partial charge in [-0.05, 0) is 37.0 Å². The molecule has 0 aromatic carbocycles. The molecule has 1 heterocycles. The van der Waals surface area contributed by atoms with Crippen LogP contribution in [0.3, 0.4) is 0 Å². The standard InChI is InChI=1S/C11H14N2O2/c14-10(15)11(4-1-5-11)13-8-9-2-6-12-7-3-9/h2-3,6-7,13H,1,4-5,8H2,(H,14,15). The highest BCUT2D eigenvalue weighted by atomic mass is 16.4. The number of nitrogens with zero attached hydrogens (tertiary/aromatic N) is 1. The smallest absolute Gasteiger partial charge is 0.323 e. The lowest BCUT2D eigenvalue weighted by atomic mass is 9.76. The van der Waals surface area contributed by atoms with Crippen LogP contribution in [0.15, 0.2) is 24.5 Å². The van der Waals surface area contributed by atoms with Gasteiger partial charge in [-0.15, -0.1) is 0 Å². The summed E-state index contributed by atoms with van der Waals surface area (Å²) in [6, 6.07) is 3.78. The fourth-order valence-electron chi connectivity index (χ4n) is 1.77. The van der Waals surface area contributed by atoms with Crippen LogP contribution in [0.4, 0.5) is 0 Å². The van der Waals surface area contributed by atoms with E-state index in [1.54, 1.807) is 12.4 Å². The maximum absolute atomic E-state index is 11.0. The van der Waals surface area contributed by atoms with Gasteiger partial charge in [0.1, 0.15) is 5.54 Å². The van der Waals surface area contributed by atoms with Gasteiger partial charge in [0.15, 0.2) is 0 Å². The van der Waals surface area contributed by atoms with E-state index in [1.165, 1.54) is 0 Å². The molecule has 1 fully saturated rings. The highest BCUT2D eigenvalue weighted by Crippen LogP contribution is 2.32. The zero-order valence-corrected chi connectivity index (χ0v) is 8.44. The van der Waals surface area contributed by atoms with Gasteiger partial charge in [0.25, 0.3) is 0 Å². The summed E-state index contributed by atoms with van der Waals surface area (Å²) in [5.41, 5.74) is 0.390. The van der Waals surface area contributed by atoms with Crippen molar-refractivity contribution in [3.05, 3.63) is 30.1 Å². The van der Waals surface area contributed by atoms with Crippen molar-refractivity contribution in [3.63, 3.8) is 0 Å². The molecule has 2 rings (SSSR count). The van der Waals surface area contributed by atoms with E-state index in [4.69, 9.17) is 5.11 Å². The summed E-state index contributed by atoms with van der Waals surface area (Å²) < 4.78 is 0. The van der Waals surface area contributed by atoms with Gasteiger partial charge in [0.2, 0.25) is 0 Å². The molecule has 0 atom stereocenters. The summed E-state index contributed by atoms with van der Waals surface area (Å²) in [5.74, 6) is -0.734. The summed E-state index contributed by atoms with van der Waals surface area (Å²) >= 11 is 0. The number of carboxylic acids is 1. The molecule has 4 nitrogen and oxygen atoms in total. The van der Waals surface area contributed by atoms with Crippen molar-refractivity contribution in [2.24, 2.45) is 0 Å². The van der Waals surface area contributed by atoms with Crippen molar-refractivity contribution >= 4 is 5.97 Å². The second-order valence-electron chi connectivity index (χ2n) is 3.95. The molecule has 1 saturated carbocycles. The molecule has 4 heteroatoms.